The molecule has 0 aliphatic rings. The van der Waals surface area contributed by atoms with Gasteiger partial charge in [0.1, 0.15) is 4.90 Å². The third kappa shape index (κ3) is 2.92. The Kier molecular flexibility index (Phi) is 3.68. The molecule has 0 aliphatic heterocycles. The Balaban J connectivity index is 2.38. The summed E-state index contributed by atoms with van der Waals surface area (Å²) in [5.41, 5.74) is 7.88. The summed E-state index contributed by atoms with van der Waals surface area (Å²) in [6.45, 7) is 1.84. The zero-order valence-corrected chi connectivity index (χ0v) is 11.7. The first kappa shape index (κ1) is 14.0. The lowest BCUT2D eigenvalue weighted by atomic mass is 10.2. The largest absolute Gasteiger partial charge is 0.398 e. The van der Waals surface area contributed by atoms with Crippen molar-refractivity contribution >= 4 is 21.4 Å². The van der Waals surface area contributed by atoms with Crippen molar-refractivity contribution in [1.82, 2.24) is 0 Å². The molecule has 0 aromatic heterocycles. The van der Waals surface area contributed by atoms with Crippen LogP contribution in [0.5, 0.6) is 0 Å². The van der Waals surface area contributed by atoms with Crippen LogP contribution in [0.25, 0.3) is 0 Å². The molecule has 0 heterocycles. The van der Waals surface area contributed by atoms with E-state index in [1.54, 1.807) is 36.4 Å². The number of nitrogens with one attached hydrogen (secondary N) is 1. The molecule has 0 aliphatic carbocycles. The zero-order valence-electron chi connectivity index (χ0n) is 10.9. The lowest BCUT2D eigenvalue weighted by Gasteiger charge is -2.11. The number of terminal acetylenes is 1. The fourth-order valence-electron chi connectivity index (χ4n) is 1.80. The van der Waals surface area contributed by atoms with Gasteiger partial charge in [0.25, 0.3) is 10.0 Å². The number of hydrogen-bond acceptors (Lipinski definition) is 3. The number of sulfonamides is 1. The Morgan fingerprint density at radius 3 is 2.60 bits per heavy atom. The molecule has 0 atom stereocenters. The van der Waals surface area contributed by atoms with Gasteiger partial charge in [-0.2, -0.15) is 0 Å². The van der Waals surface area contributed by atoms with Crippen molar-refractivity contribution in [3.8, 4) is 12.3 Å². The predicted octanol–water partition coefficient (Wildman–Crippen LogP) is 2.36. The minimum atomic E-state index is -3.73. The average Bonchev–Trinajstić information content (AvgIpc) is 2.37. The van der Waals surface area contributed by atoms with Gasteiger partial charge in [-0.1, -0.05) is 18.1 Å². The molecular formula is C15H14N2O2S. The highest BCUT2D eigenvalue weighted by atomic mass is 32.2. The molecule has 0 saturated heterocycles. The number of anilines is 2. The molecule has 2 aromatic rings. The van der Waals surface area contributed by atoms with Gasteiger partial charge in [0.05, 0.1) is 11.4 Å². The quantitative estimate of drug-likeness (QED) is 0.672. The van der Waals surface area contributed by atoms with Gasteiger partial charge in [0.2, 0.25) is 0 Å². The van der Waals surface area contributed by atoms with Gasteiger partial charge >= 0.3 is 0 Å². The molecular weight excluding hydrogens is 272 g/mol. The van der Waals surface area contributed by atoms with E-state index in [4.69, 9.17) is 12.2 Å². The van der Waals surface area contributed by atoms with Gasteiger partial charge in [-0.15, -0.1) is 6.42 Å². The van der Waals surface area contributed by atoms with Crippen LogP contribution in [-0.2, 0) is 10.0 Å². The Labute approximate surface area is 118 Å². The van der Waals surface area contributed by atoms with E-state index in [1.807, 2.05) is 6.92 Å². The van der Waals surface area contributed by atoms with Crippen LogP contribution in [-0.4, -0.2) is 8.42 Å². The number of benzene rings is 2. The normalized spacial score (nSPS) is 10.8. The minimum absolute atomic E-state index is 0.0502. The van der Waals surface area contributed by atoms with Crippen molar-refractivity contribution in [3.63, 3.8) is 0 Å². The molecule has 2 rings (SSSR count). The minimum Gasteiger partial charge on any atom is -0.398 e. The molecule has 4 nitrogen and oxygen atoms in total. The second kappa shape index (κ2) is 5.27. The molecule has 102 valence electrons. The van der Waals surface area contributed by atoms with Crippen molar-refractivity contribution in [1.29, 1.82) is 0 Å². The number of nitrogens with two attached hydrogens (primary N) is 1. The number of aryl methyl sites for hydroxylation is 1. The summed E-state index contributed by atoms with van der Waals surface area (Å²) >= 11 is 0. The molecule has 2 aromatic carbocycles. The van der Waals surface area contributed by atoms with Crippen LogP contribution in [0.1, 0.15) is 11.1 Å². The third-order valence-corrected chi connectivity index (χ3v) is 4.19. The maximum atomic E-state index is 12.3. The first-order chi connectivity index (χ1) is 9.42. The topological polar surface area (TPSA) is 72.2 Å². The molecule has 20 heavy (non-hydrogen) atoms. The maximum Gasteiger partial charge on any atom is 0.263 e. The Hall–Kier alpha value is -2.45. The highest BCUT2D eigenvalue weighted by Crippen LogP contribution is 2.22. The van der Waals surface area contributed by atoms with Crippen LogP contribution in [0.3, 0.4) is 0 Å². The van der Waals surface area contributed by atoms with Gasteiger partial charge in [-0.05, 0) is 42.8 Å². The van der Waals surface area contributed by atoms with Gasteiger partial charge < -0.3 is 5.73 Å². The summed E-state index contributed by atoms with van der Waals surface area (Å²) in [7, 11) is -3.73. The van der Waals surface area contributed by atoms with Crippen LogP contribution in [0.2, 0.25) is 0 Å². The van der Waals surface area contributed by atoms with Gasteiger partial charge in [-0.25, -0.2) is 8.42 Å². The smallest absolute Gasteiger partial charge is 0.263 e. The fourth-order valence-corrected chi connectivity index (χ4v) is 2.96. The van der Waals surface area contributed by atoms with Crippen LogP contribution >= 0.6 is 0 Å². The zero-order chi connectivity index (χ0) is 14.8. The van der Waals surface area contributed by atoms with Crippen LogP contribution in [0.15, 0.2) is 47.4 Å². The monoisotopic (exact) mass is 286 g/mol. The lowest BCUT2D eigenvalue weighted by molar-refractivity contribution is 0.601. The predicted molar refractivity (Wildman–Crippen MR) is 80.8 cm³/mol. The highest BCUT2D eigenvalue weighted by molar-refractivity contribution is 7.92. The van der Waals surface area contributed by atoms with E-state index in [0.717, 1.165) is 5.56 Å². The second-order valence-electron chi connectivity index (χ2n) is 4.37. The SMILES string of the molecule is C#Cc1cccc(NS(=O)(=O)c2ccc(C)cc2N)c1. The molecule has 0 saturated carbocycles. The Bertz CT molecular complexity index is 790. The van der Waals surface area contributed by atoms with Crippen LogP contribution in [0, 0.1) is 19.3 Å². The first-order valence-corrected chi connectivity index (χ1v) is 7.36. The molecule has 0 bridgehead atoms. The van der Waals surface area contributed by atoms with E-state index in [9.17, 15) is 8.42 Å². The van der Waals surface area contributed by atoms with E-state index < -0.39 is 10.0 Å². The van der Waals surface area contributed by atoms with Crippen molar-refractivity contribution in [2.45, 2.75) is 11.8 Å². The summed E-state index contributed by atoms with van der Waals surface area (Å²) in [6.07, 6.45) is 5.29. The summed E-state index contributed by atoms with van der Waals surface area (Å²) in [6, 6.07) is 11.4. The van der Waals surface area contributed by atoms with Gasteiger partial charge in [0.15, 0.2) is 0 Å². The number of nitrogen functional groups attached to an aromatic ring is 1. The molecule has 0 unspecified atom stereocenters. The average molecular weight is 286 g/mol. The molecule has 0 amide bonds. The summed E-state index contributed by atoms with van der Waals surface area (Å²) < 4.78 is 27.0. The van der Waals surface area contributed by atoms with E-state index in [-0.39, 0.29) is 10.6 Å². The second-order valence-corrected chi connectivity index (χ2v) is 6.02. The van der Waals surface area contributed by atoms with E-state index in [1.165, 1.54) is 6.07 Å². The van der Waals surface area contributed by atoms with Gasteiger partial charge in [0, 0.05) is 5.56 Å². The lowest BCUT2D eigenvalue weighted by Crippen LogP contribution is -2.15. The number of hydrogen-bond donors (Lipinski definition) is 2. The highest BCUT2D eigenvalue weighted by Gasteiger charge is 2.17. The summed E-state index contributed by atoms with van der Waals surface area (Å²) in [5, 5.41) is 0. The van der Waals surface area contributed by atoms with Crippen molar-refractivity contribution in [2.75, 3.05) is 10.5 Å². The van der Waals surface area contributed by atoms with Crippen LogP contribution < -0.4 is 10.5 Å². The summed E-state index contributed by atoms with van der Waals surface area (Å²) in [4.78, 5) is 0.0502. The van der Waals surface area contributed by atoms with E-state index in [0.29, 0.717) is 11.3 Å². The molecule has 5 heteroatoms. The van der Waals surface area contributed by atoms with E-state index >= 15 is 0 Å². The summed E-state index contributed by atoms with van der Waals surface area (Å²) in [5.74, 6) is 2.45. The molecule has 0 radical (unpaired) electrons. The third-order valence-electron chi connectivity index (χ3n) is 2.74. The molecule has 0 spiro atoms. The fraction of sp³-hybridized carbons (Fsp3) is 0.0667. The maximum absolute atomic E-state index is 12.3. The van der Waals surface area contributed by atoms with Crippen molar-refractivity contribution in [3.05, 3.63) is 53.6 Å². The molecule has 3 N–H and O–H groups in total. The number of rotatable bonds is 3. The standard InChI is InChI=1S/C15H14N2O2S/c1-3-12-5-4-6-13(10-12)17-20(18,19)15-8-7-11(2)9-14(15)16/h1,4-10,17H,16H2,2H3. The van der Waals surface area contributed by atoms with Gasteiger partial charge in [-0.3, -0.25) is 4.72 Å². The first-order valence-electron chi connectivity index (χ1n) is 5.88. The molecule has 0 fully saturated rings. The Morgan fingerprint density at radius 1 is 1.20 bits per heavy atom. The van der Waals surface area contributed by atoms with Crippen molar-refractivity contribution in [2.24, 2.45) is 0 Å². The Morgan fingerprint density at radius 2 is 1.95 bits per heavy atom. The van der Waals surface area contributed by atoms with Crippen molar-refractivity contribution < 1.29 is 8.42 Å². The van der Waals surface area contributed by atoms with Crippen LogP contribution in [0.4, 0.5) is 11.4 Å². The van der Waals surface area contributed by atoms with E-state index in [2.05, 4.69) is 10.6 Å².